The van der Waals surface area contributed by atoms with Crippen LogP contribution >= 0.6 is 27.5 Å². The number of aromatic nitrogens is 3. The van der Waals surface area contributed by atoms with E-state index in [-0.39, 0.29) is 0 Å². The average molecular weight is 423 g/mol. The van der Waals surface area contributed by atoms with E-state index in [4.69, 9.17) is 11.6 Å². The van der Waals surface area contributed by atoms with E-state index in [0.29, 0.717) is 22.5 Å². The first-order valence-corrected chi connectivity index (χ1v) is 9.19. The Morgan fingerprint density at radius 1 is 0.577 bits per heavy atom. The van der Waals surface area contributed by atoms with Crippen LogP contribution in [0.5, 0.6) is 0 Å². The third-order valence-electron chi connectivity index (χ3n) is 3.82. The van der Waals surface area contributed by atoms with Gasteiger partial charge >= 0.3 is 0 Å². The van der Waals surface area contributed by atoms with Crippen LogP contribution in [0, 0.1) is 0 Å². The van der Waals surface area contributed by atoms with Gasteiger partial charge in [0.05, 0.1) is 0 Å². The highest BCUT2D eigenvalue weighted by molar-refractivity contribution is 9.10. The molecule has 0 bridgehead atoms. The predicted octanol–water partition coefficient (Wildman–Crippen LogP) is 6.29. The molecule has 0 radical (unpaired) electrons. The molecule has 0 aliphatic carbocycles. The van der Waals surface area contributed by atoms with Crippen molar-refractivity contribution in [3.8, 4) is 34.2 Å². The number of hydrogen-bond donors (Lipinski definition) is 0. The molecule has 0 amide bonds. The minimum absolute atomic E-state index is 0.584. The summed E-state index contributed by atoms with van der Waals surface area (Å²) >= 11 is 9.69. The number of halogens is 2. The first-order valence-electron chi connectivity index (χ1n) is 8.02. The Morgan fingerprint density at radius 3 is 1.50 bits per heavy atom. The fourth-order valence-electron chi connectivity index (χ4n) is 2.62. The molecule has 126 valence electrons. The second-order valence-electron chi connectivity index (χ2n) is 5.70. The Kier molecular flexibility index (Phi) is 4.78. The summed E-state index contributed by atoms with van der Waals surface area (Å²) in [6, 6.07) is 25.4. The van der Waals surface area contributed by atoms with Gasteiger partial charge in [0, 0.05) is 26.2 Å². The van der Waals surface area contributed by atoms with E-state index in [2.05, 4.69) is 30.9 Å². The Bertz CT molecular complexity index is 975. The van der Waals surface area contributed by atoms with Crippen molar-refractivity contribution < 1.29 is 0 Å². The zero-order chi connectivity index (χ0) is 17.9. The van der Waals surface area contributed by atoms with Crippen molar-refractivity contribution in [3.63, 3.8) is 0 Å². The van der Waals surface area contributed by atoms with Gasteiger partial charge < -0.3 is 0 Å². The van der Waals surface area contributed by atoms with E-state index in [1.165, 1.54) is 0 Å². The van der Waals surface area contributed by atoms with Crippen molar-refractivity contribution >= 4 is 27.5 Å². The van der Waals surface area contributed by atoms with E-state index < -0.39 is 0 Å². The Hall–Kier alpha value is -2.56. The summed E-state index contributed by atoms with van der Waals surface area (Å²) in [5.41, 5.74) is 2.71. The second kappa shape index (κ2) is 7.36. The van der Waals surface area contributed by atoms with Gasteiger partial charge in [-0.2, -0.15) is 0 Å². The summed E-state index contributed by atoms with van der Waals surface area (Å²) in [4.78, 5) is 14.0. The summed E-state index contributed by atoms with van der Waals surface area (Å²) in [5.74, 6) is 1.84. The summed E-state index contributed by atoms with van der Waals surface area (Å²) in [7, 11) is 0. The molecular formula is C21H13BrClN3. The van der Waals surface area contributed by atoms with Crippen molar-refractivity contribution in [3.05, 3.63) is 88.4 Å². The molecule has 0 aliphatic heterocycles. The van der Waals surface area contributed by atoms with Gasteiger partial charge in [0.2, 0.25) is 0 Å². The minimum atomic E-state index is 0.584. The van der Waals surface area contributed by atoms with Gasteiger partial charge in [-0.3, -0.25) is 0 Å². The molecule has 0 saturated carbocycles. The average Bonchev–Trinajstić information content (AvgIpc) is 2.68. The summed E-state index contributed by atoms with van der Waals surface area (Å²) in [6.45, 7) is 0. The largest absolute Gasteiger partial charge is 0.208 e. The zero-order valence-electron chi connectivity index (χ0n) is 13.6. The van der Waals surface area contributed by atoms with Crippen molar-refractivity contribution in [1.82, 2.24) is 15.0 Å². The topological polar surface area (TPSA) is 38.7 Å². The number of rotatable bonds is 3. The van der Waals surface area contributed by atoms with Gasteiger partial charge in [0.15, 0.2) is 17.5 Å². The van der Waals surface area contributed by atoms with E-state index in [1.54, 1.807) is 0 Å². The molecule has 0 fully saturated rings. The standard InChI is InChI=1S/C21H13BrClN3/c22-17-11-16(12-18(23)13-17)21-25-19(14-7-3-1-4-8-14)24-20(26-21)15-9-5-2-6-10-15/h1-13H. The van der Waals surface area contributed by atoms with Gasteiger partial charge in [0.1, 0.15) is 0 Å². The summed E-state index contributed by atoms with van der Waals surface area (Å²) < 4.78 is 0.878. The molecule has 1 heterocycles. The normalized spacial score (nSPS) is 10.7. The quantitative estimate of drug-likeness (QED) is 0.389. The molecular weight excluding hydrogens is 410 g/mol. The fourth-order valence-corrected chi connectivity index (χ4v) is 3.48. The molecule has 0 unspecified atom stereocenters. The lowest BCUT2D eigenvalue weighted by Crippen LogP contribution is -2.00. The van der Waals surface area contributed by atoms with Crippen LogP contribution in [0.4, 0.5) is 0 Å². The predicted molar refractivity (Wildman–Crippen MR) is 109 cm³/mol. The Balaban J connectivity index is 1.93. The van der Waals surface area contributed by atoms with Crippen LogP contribution in [-0.4, -0.2) is 15.0 Å². The highest BCUT2D eigenvalue weighted by atomic mass is 79.9. The molecule has 3 nitrogen and oxygen atoms in total. The van der Waals surface area contributed by atoms with Gasteiger partial charge in [-0.25, -0.2) is 15.0 Å². The van der Waals surface area contributed by atoms with Crippen LogP contribution in [0.1, 0.15) is 0 Å². The van der Waals surface area contributed by atoms with Crippen molar-refractivity contribution in [2.45, 2.75) is 0 Å². The molecule has 4 rings (SSSR count). The summed E-state index contributed by atoms with van der Waals surface area (Å²) in [5, 5.41) is 0.623. The van der Waals surface area contributed by atoms with Gasteiger partial charge in [0.25, 0.3) is 0 Å². The SMILES string of the molecule is Clc1cc(Br)cc(-c2nc(-c3ccccc3)nc(-c3ccccc3)n2)c1. The first kappa shape index (κ1) is 16.9. The van der Waals surface area contributed by atoms with Crippen LogP contribution in [0.2, 0.25) is 5.02 Å². The number of hydrogen-bond acceptors (Lipinski definition) is 3. The van der Waals surface area contributed by atoms with Gasteiger partial charge in [-0.05, 0) is 18.2 Å². The van der Waals surface area contributed by atoms with Crippen LogP contribution in [0.15, 0.2) is 83.3 Å². The highest BCUT2D eigenvalue weighted by Gasteiger charge is 2.12. The van der Waals surface area contributed by atoms with Crippen LogP contribution in [-0.2, 0) is 0 Å². The molecule has 3 aromatic carbocycles. The minimum Gasteiger partial charge on any atom is -0.208 e. The van der Waals surface area contributed by atoms with Crippen LogP contribution < -0.4 is 0 Å². The molecule has 5 heteroatoms. The third-order valence-corrected chi connectivity index (χ3v) is 4.50. The zero-order valence-corrected chi connectivity index (χ0v) is 15.9. The Morgan fingerprint density at radius 2 is 1.04 bits per heavy atom. The lowest BCUT2D eigenvalue weighted by molar-refractivity contribution is 1.07. The van der Waals surface area contributed by atoms with E-state index >= 15 is 0 Å². The van der Waals surface area contributed by atoms with Gasteiger partial charge in [-0.15, -0.1) is 0 Å². The van der Waals surface area contributed by atoms with Crippen molar-refractivity contribution in [1.29, 1.82) is 0 Å². The van der Waals surface area contributed by atoms with Crippen LogP contribution in [0.25, 0.3) is 34.2 Å². The van der Waals surface area contributed by atoms with Crippen molar-refractivity contribution in [2.24, 2.45) is 0 Å². The second-order valence-corrected chi connectivity index (χ2v) is 7.05. The molecule has 1 aromatic heterocycles. The molecule has 0 saturated heterocycles. The molecule has 0 spiro atoms. The van der Waals surface area contributed by atoms with Crippen LogP contribution in [0.3, 0.4) is 0 Å². The first-order chi connectivity index (χ1) is 12.7. The lowest BCUT2D eigenvalue weighted by atomic mass is 10.1. The fraction of sp³-hybridized carbons (Fsp3) is 0. The smallest absolute Gasteiger partial charge is 0.164 e. The lowest BCUT2D eigenvalue weighted by Gasteiger charge is -2.09. The molecule has 4 aromatic rings. The van der Waals surface area contributed by atoms with Crippen molar-refractivity contribution in [2.75, 3.05) is 0 Å². The van der Waals surface area contributed by atoms with Gasteiger partial charge in [-0.1, -0.05) is 88.2 Å². The summed E-state index contributed by atoms with van der Waals surface area (Å²) in [6.07, 6.45) is 0. The monoisotopic (exact) mass is 421 g/mol. The Labute approximate surface area is 164 Å². The number of benzene rings is 3. The maximum Gasteiger partial charge on any atom is 0.164 e. The van der Waals surface area contributed by atoms with E-state index in [0.717, 1.165) is 21.2 Å². The number of nitrogens with zero attached hydrogens (tertiary/aromatic N) is 3. The third kappa shape index (κ3) is 3.66. The maximum atomic E-state index is 6.21. The molecule has 0 atom stereocenters. The maximum absolute atomic E-state index is 6.21. The molecule has 26 heavy (non-hydrogen) atoms. The van der Waals surface area contributed by atoms with E-state index in [9.17, 15) is 0 Å². The van der Waals surface area contributed by atoms with E-state index in [1.807, 2.05) is 78.9 Å². The molecule has 0 aliphatic rings. The highest BCUT2D eigenvalue weighted by Crippen LogP contribution is 2.28. The molecule has 0 N–H and O–H groups in total.